The van der Waals surface area contributed by atoms with Crippen molar-refractivity contribution in [3.63, 3.8) is 0 Å². The Bertz CT molecular complexity index is 436. The maximum atomic E-state index is 12.6. The zero-order valence-electron chi connectivity index (χ0n) is 9.67. The van der Waals surface area contributed by atoms with E-state index in [-0.39, 0.29) is 0 Å². The lowest BCUT2D eigenvalue weighted by Gasteiger charge is -2.22. The number of nitrogens with zero attached hydrogens (tertiary/aromatic N) is 1. The Morgan fingerprint density at radius 1 is 1.24 bits per heavy atom. The predicted octanol–water partition coefficient (Wildman–Crippen LogP) is 2.75. The molecule has 2 rings (SSSR count). The standard InChI is InChI=1S/C12H14F3NO/c1-16(2)10-4-3-8(12(13,14)15)7-9(10)11(17)5-6-11/h3-4,7,17H,5-6H2,1-2H3. The van der Waals surface area contributed by atoms with Crippen LogP contribution in [0.3, 0.4) is 0 Å². The Kier molecular flexibility index (Phi) is 2.61. The molecule has 0 spiro atoms. The van der Waals surface area contributed by atoms with Crippen LogP contribution >= 0.6 is 0 Å². The van der Waals surface area contributed by atoms with Crippen molar-refractivity contribution in [3.05, 3.63) is 29.3 Å². The number of anilines is 1. The molecule has 1 N–H and O–H groups in total. The van der Waals surface area contributed by atoms with E-state index in [2.05, 4.69) is 0 Å². The molecular formula is C12H14F3NO. The molecule has 5 heteroatoms. The van der Waals surface area contributed by atoms with Crippen LogP contribution < -0.4 is 4.90 Å². The van der Waals surface area contributed by atoms with Gasteiger partial charge in [0.1, 0.15) is 0 Å². The summed E-state index contributed by atoms with van der Waals surface area (Å²) in [6, 6.07) is 3.52. The van der Waals surface area contributed by atoms with Crippen molar-refractivity contribution in [1.29, 1.82) is 0 Å². The number of benzene rings is 1. The SMILES string of the molecule is CN(C)c1ccc(C(F)(F)F)cc1C1(O)CC1. The van der Waals surface area contributed by atoms with Gasteiger partial charge in [-0.05, 0) is 31.0 Å². The highest BCUT2D eigenvalue weighted by molar-refractivity contribution is 5.58. The van der Waals surface area contributed by atoms with E-state index in [1.807, 2.05) is 0 Å². The summed E-state index contributed by atoms with van der Waals surface area (Å²) >= 11 is 0. The van der Waals surface area contributed by atoms with Crippen molar-refractivity contribution in [2.45, 2.75) is 24.6 Å². The largest absolute Gasteiger partial charge is 0.416 e. The second kappa shape index (κ2) is 3.63. The number of aliphatic hydroxyl groups is 1. The molecule has 1 fully saturated rings. The van der Waals surface area contributed by atoms with E-state index < -0.39 is 17.3 Å². The third-order valence-electron chi connectivity index (χ3n) is 3.03. The number of hydrogen-bond donors (Lipinski definition) is 1. The maximum absolute atomic E-state index is 12.6. The van der Waals surface area contributed by atoms with Gasteiger partial charge in [0.25, 0.3) is 0 Å². The van der Waals surface area contributed by atoms with Gasteiger partial charge >= 0.3 is 6.18 Å². The summed E-state index contributed by atoms with van der Waals surface area (Å²) in [7, 11) is 3.50. The predicted molar refractivity (Wildman–Crippen MR) is 58.9 cm³/mol. The lowest BCUT2D eigenvalue weighted by Crippen LogP contribution is -2.18. The Morgan fingerprint density at radius 3 is 2.24 bits per heavy atom. The summed E-state index contributed by atoms with van der Waals surface area (Å²) in [5, 5.41) is 10.0. The van der Waals surface area contributed by atoms with Gasteiger partial charge in [0, 0.05) is 25.3 Å². The fraction of sp³-hybridized carbons (Fsp3) is 0.500. The molecule has 0 unspecified atom stereocenters. The third kappa shape index (κ3) is 2.24. The quantitative estimate of drug-likeness (QED) is 0.866. The molecule has 1 aliphatic carbocycles. The van der Waals surface area contributed by atoms with Crippen LogP contribution in [0.2, 0.25) is 0 Å². The third-order valence-corrected chi connectivity index (χ3v) is 3.03. The topological polar surface area (TPSA) is 23.5 Å². The second-order valence-electron chi connectivity index (χ2n) is 4.66. The van der Waals surface area contributed by atoms with Crippen LogP contribution in [0.25, 0.3) is 0 Å². The minimum atomic E-state index is -4.37. The Labute approximate surface area is 97.7 Å². The minimum Gasteiger partial charge on any atom is -0.385 e. The van der Waals surface area contributed by atoms with E-state index in [0.29, 0.717) is 24.1 Å². The van der Waals surface area contributed by atoms with E-state index >= 15 is 0 Å². The summed E-state index contributed by atoms with van der Waals surface area (Å²) in [5.41, 5.74) is -0.769. The zero-order valence-corrected chi connectivity index (χ0v) is 9.67. The first-order valence-corrected chi connectivity index (χ1v) is 5.35. The Morgan fingerprint density at radius 2 is 1.82 bits per heavy atom. The molecule has 1 aliphatic rings. The average Bonchev–Trinajstić information content (AvgIpc) is 2.95. The van der Waals surface area contributed by atoms with Gasteiger partial charge in [-0.15, -0.1) is 0 Å². The van der Waals surface area contributed by atoms with Crippen molar-refractivity contribution in [1.82, 2.24) is 0 Å². The lowest BCUT2D eigenvalue weighted by molar-refractivity contribution is -0.137. The van der Waals surface area contributed by atoms with Crippen LogP contribution in [0.15, 0.2) is 18.2 Å². The molecule has 17 heavy (non-hydrogen) atoms. The fourth-order valence-corrected chi connectivity index (χ4v) is 1.86. The van der Waals surface area contributed by atoms with Crippen LogP contribution in [-0.4, -0.2) is 19.2 Å². The van der Waals surface area contributed by atoms with Gasteiger partial charge in [-0.25, -0.2) is 0 Å². The van der Waals surface area contributed by atoms with Crippen LogP contribution in [-0.2, 0) is 11.8 Å². The molecule has 0 aliphatic heterocycles. The van der Waals surface area contributed by atoms with Crippen LogP contribution in [0.4, 0.5) is 18.9 Å². The summed E-state index contributed by atoms with van der Waals surface area (Å²) in [6.45, 7) is 0. The highest BCUT2D eigenvalue weighted by Crippen LogP contribution is 2.49. The first-order valence-electron chi connectivity index (χ1n) is 5.35. The fourth-order valence-electron chi connectivity index (χ4n) is 1.86. The van der Waals surface area contributed by atoms with Gasteiger partial charge in [0.15, 0.2) is 0 Å². The molecule has 0 heterocycles. The van der Waals surface area contributed by atoms with Crippen LogP contribution in [0.5, 0.6) is 0 Å². The highest BCUT2D eigenvalue weighted by Gasteiger charge is 2.45. The number of halogens is 3. The smallest absolute Gasteiger partial charge is 0.385 e. The molecule has 0 amide bonds. The zero-order chi connectivity index (χ0) is 12.8. The van der Waals surface area contributed by atoms with E-state index in [4.69, 9.17) is 0 Å². The summed E-state index contributed by atoms with van der Waals surface area (Å²) in [4.78, 5) is 1.71. The molecule has 0 atom stereocenters. The molecule has 0 bridgehead atoms. The monoisotopic (exact) mass is 245 g/mol. The summed E-state index contributed by atoms with van der Waals surface area (Å²) < 4.78 is 37.8. The van der Waals surface area contributed by atoms with E-state index in [1.165, 1.54) is 6.07 Å². The summed E-state index contributed by atoms with van der Waals surface area (Å²) in [6.07, 6.45) is -3.32. The first-order chi connectivity index (χ1) is 7.74. The van der Waals surface area contributed by atoms with Crippen LogP contribution in [0.1, 0.15) is 24.0 Å². The van der Waals surface area contributed by atoms with E-state index in [9.17, 15) is 18.3 Å². The van der Waals surface area contributed by atoms with Crippen molar-refractivity contribution in [2.75, 3.05) is 19.0 Å². The highest BCUT2D eigenvalue weighted by atomic mass is 19.4. The van der Waals surface area contributed by atoms with Gasteiger partial charge < -0.3 is 10.0 Å². The van der Waals surface area contributed by atoms with E-state index in [1.54, 1.807) is 19.0 Å². The molecule has 2 nitrogen and oxygen atoms in total. The van der Waals surface area contributed by atoms with Crippen molar-refractivity contribution in [2.24, 2.45) is 0 Å². The molecule has 94 valence electrons. The van der Waals surface area contributed by atoms with Gasteiger partial charge in [0.05, 0.1) is 11.2 Å². The van der Waals surface area contributed by atoms with Crippen molar-refractivity contribution >= 4 is 5.69 Å². The molecule has 1 saturated carbocycles. The van der Waals surface area contributed by atoms with Crippen molar-refractivity contribution in [3.8, 4) is 0 Å². The Hall–Kier alpha value is -1.23. The van der Waals surface area contributed by atoms with Crippen LogP contribution in [0, 0.1) is 0 Å². The van der Waals surface area contributed by atoms with Gasteiger partial charge in [-0.1, -0.05) is 0 Å². The van der Waals surface area contributed by atoms with E-state index in [0.717, 1.165) is 12.1 Å². The normalized spacial score (nSPS) is 18.0. The molecule has 0 saturated heterocycles. The minimum absolute atomic E-state index is 0.373. The van der Waals surface area contributed by atoms with Gasteiger partial charge in [-0.3, -0.25) is 0 Å². The second-order valence-corrected chi connectivity index (χ2v) is 4.66. The number of alkyl halides is 3. The average molecular weight is 245 g/mol. The molecule has 0 aromatic heterocycles. The van der Waals surface area contributed by atoms with Gasteiger partial charge in [0.2, 0.25) is 0 Å². The molecule has 1 aromatic rings. The molecule has 0 radical (unpaired) electrons. The number of rotatable bonds is 2. The van der Waals surface area contributed by atoms with Gasteiger partial charge in [-0.2, -0.15) is 13.2 Å². The first kappa shape index (κ1) is 12.2. The maximum Gasteiger partial charge on any atom is 0.416 e. The molecular weight excluding hydrogens is 231 g/mol. The Balaban J connectivity index is 2.51. The summed E-state index contributed by atoms with van der Waals surface area (Å²) in [5.74, 6) is 0. The lowest BCUT2D eigenvalue weighted by atomic mass is 10.0. The molecule has 1 aromatic carbocycles. The van der Waals surface area contributed by atoms with Crippen molar-refractivity contribution < 1.29 is 18.3 Å². The number of hydrogen-bond acceptors (Lipinski definition) is 2.